The summed E-state index contributed by atoms with van der Waals surface area (Å²) in [5, 5.41) is 1.05. The Hall–Kier alpha value is 0.150. The van der Waals surface area contributed by atoms with E-state index in [1.54, 1.807) is 0 Å². The van der Waals surface area contributed by atoms with Crippen LogP contribution in [0.2, 0.25) is 0 Å². The van der Waals surface area contributed by atoms with Crippen molar-refractivity contribution in [3.05, 3.63) is 0 Å². The van der Waals surface area contributed by atoms with E-state index < -0.39 is 0 Å². The second-order valence-electron chi connectivity index (χ2n) is 5.10. The maximum Gasteiger partial charge on any atom is 0.139 e. The molecule has 0 spiro atoms. The molecule has 0 radical (unpaired) electrons. The van der Waals surface area contributed by atoms with E-state index >= 15 is 0 Å². The van der Waals surface area contributed by atoms with Crippen LogP contribution in [0.3, 0.4) is 0 Å². The van der Waals surface area contributed by atoms with Gasteiger partial charge in [0.2, 0.25) is 0 Å². The number of fused-ring (bicyclic) bond motifs is 1. The van der Waals surface area contributed by atoms with Crippen molar-refractivity contribution in [2.45, 2.75) is 51.4 Å². The fourth-order valence-corrected chi connectivity index (χ4v) is 3.69. The van der Waals surface area contributed by atoms with E-state index in [0.717, 1.165) is 17.7 Å². The molecule has 2 heteroatoms. The molecule has 2 fully saturated rings. The van der Waals surface area contributed by atoms with Crippen LogP contribution < -0.4 is 0 Å². The third-order valence-corrected chi connectivity index (χ3v) is 4.78. The first kappa shape index (κ1) is 11.6. The molecule has 15 heavy (non-hydrogen) atoms. The van der Waals surface area contributed by atoms with Crippen LogP contribution in [0, 0.1) is 17.8 Å². The average Bonchev–Trinajstić information content (AvgIpc) is 2.21. The van der Waals surface area contributed by atoms with Gasteiger partial charge in [-0.25, -0.2) is 0 Å². The van der Waals surface area contributed by atoms with Crippen LogP contribution >= 0.6 is 15.9 Å². The molecular formula is C13H21BrO. The number of rotatable bonds is 3. The van der Waals surface area contributed by atoms with Gasteiger partial charge in [-0.15, -0.1) is 0 Å². The monoisotopic (exact) mass is 272 g/mol. The molecule has 3 atom stereocenters. The summed E-state index contributed by atoms with van der Waals surface area (Å²) in [4.78, 5) is 12.0. The molecule has 0 heterocycles. The average molecular weight is 273 g/mol. The lowest BCUT2D eigenvalue weighted by molar-refractivity contribution is -0.145. The Morgan fingerprint density at radius 3 is 2.60 bits per heavy atom. The smallest absolute Gasteiger partial charge is 0.139 e. The number of Topliss-reactive ketones (excluding diaryl/α,β-unsaturated/α-hetero) is 1. The zero-order valence-corrected chi connectivity index (χ0v) is 11.0. The van der Waals surface area contributed by atoms with Gasteiger partial charge in [-0.3, -0.25) is 4.79 Å². The second-order valence-corrected chi connectivity index (χ2v) is 5.89. The van der Waals surface area contributed by atoms with Gasteiger partial charge in [0.15, 0.2) is 0 Å². The summed E-state index contributed by atoms with van der Waals surface area (Å²) in [5.74, 6) is 2.26. The first-order chi connectivity index (χ1) is 7.34. The van der Waals surface area contributed by atoms with Crippen molar-refractivity contribution in [1.82, 2.24) is 0 Å². The molecule has 86 valence electrons. The lowest BCUT2D eigenvalue weighted by Crippen LogP contribution is -2.47. The van der Waals surface area contributed by atoms with E-state index in [0.29, 0.717) is 17.6 Å². The summed E-state index contributed by atoms with van der Waals surface area (Å²) < 4.78 is 0. The number of carbonyl (C=O) groups is 1. The van der Waals surface area contributed by atoms with Crippen LogP contribution in [-0.2, 0) is 4.79 Å². The third kappa shape index (κ3) is 2.46. The van der Waals surface area contributed by atoms with E-state index in [-0.39, 0.29) is 0 Å². The number of alkyl halides is 1. The highest BCUT2D eigenvalue weighted by Crippen LogP contribution is 2.46. The quantitative estimate of drug-likeness (QED) is 0.712. The zero-order chi connectivity index (χ0) is 10.7. The summed E-state index contributed by atoms with van der Waals surface area (Å²) in [5.41, 5.74) is 0. The molecule has 0 bridgehead atoms. The standard InChI is InChI=1S/C13H21BrO/c14-9-5-8-12-10-6-3-1-2-4-7-11(10)13(12)15/h10-12H,1-9H2/t10-,11+,12-/m0/s1. The summed E-state index contributed by atoms with van der Waals surface area (Å²) >= 11 is 3.46. The minimum absolute atomic E-state index is 0.436. The van der Waals surface area contributed by atoms with Crippen LogP contribution in [0.4, 0.5) is 0 Å². The van der Waals surface area contributed by atoms with Crippen molar-refractivity contribution >= 4 is 21.7 Å². The Morgan fingerprint density at radius 1 is 1.13 bits per heavy atom. The van der Waals surface area contributed by atoms with Crippen molar-refractivity contribution in [2.24, 2.45) is 17.8 Å². The van der Waals surface area contributed by atoms with Gasteiger partial charge < -0.3 is 0 Å². The molecule has 0 N–H and O–H groups in total. The largest absolute Gasteiger partial charge is 0.299 e. The lowest BCUT2D eigenvalue weighted by Gasteiger charge is -2.44. The Labute approximate surface area is 101 Å². The third-order valence-electron chi connectivity index (χ3n) is 4.22. The van der Waals surface area contributed by atoms with E-state index in [9.17, 15) is 4.79 Å². The zero-order valence-electron chi connectivity index (χ0n) is 9.38. The van der Waals surface area contributed by atoms with E-state index in [4.69, 9.17) is 0 Å². The second kappa shape index (κ2) is 5.47. The van der Waals surface area contributed by atoms with Gasteiger partial charge in [0.1, 0.15) is 5.78 Å². The fourth-order valence-electron chi connectivity index (χ4n) is 3.37. The molecule has 2 aliphatic rings. The number of hydrogen-bond acceptors (Lipinski definition) is 1. The Morgan fingerprint density at radius 2 is 1.87 bits per heavy atom. The van der Waals surface area contributed by atoms with Gasteiger partial charge in [-0.2, -0.15) is 0 Å². The number of hydrogen-bond donors (Lipinski definition) is 0. The maximum absolute atomic E-state index is 12.0. The molecule has 0 aromatic heterocycles. The SMILES string of the molecule is O=C1[C@@H](CCCBr)[C@H]2CCCCCC[C@@H]12. The minimum Gasteiger partial charge on any atom is -0.299 e. The number of halogens is 1. The van der Waals surface area contributed by atoms with Crippen molar-refractivity contribution < 1.29 is 4.79 Å². The van der Waals surface area contributed by atoms with Crippen LogP contribution in [0.25, 0.3) is 0 Å². The van der Waals surface area contributed by atoms with Crippen LogP contribution in [0.5, 0.6) is 0 Å². The predicted molar refractivity (Wildman–Crippen MR) is 66.2 cm³/mol. The van der Waals surface area contributed by atoms with Gasteiger partial charge >= 0.3 is 0 Å². The van der Waals surface area contributed by atoms with E-state index in [1.165, 1.54) is 44.9 Å². The van der Waals surface area contributed by atoms with Gasteiger partial charge in [-0.05, 0) is 31.6 Å². The van der Waals surface area contributed by atoms with Gasteiger partial charge in [0.25, 0.3) is 0 Å². The number of carbonyl (C=O) groups excluding carboxylic acids is 1. The molecule has 0 saturated heterocycles. The van der Waals surface area contributed by atoms with Crippen molar-refractivity contribution in [3.63, 3.8) is 0 Å². The molecule has 0 aromatic carbocycles. The summed E-state index contributed by atoms with van der Waals surface area (Å²) in [6.07, 6.45) is 10.2. The van der Waals surface area contributed by atoms with Crippen molar-refractivity contribution in [3.8, 4) is 0 Å². The molecule has 0 aliphatic heterocycles. The van der Waals surface area contributed by atoms with Crippen molar-refractivity contribution in [1.29, 1.82) is 0 Å². The van der Waals surface area contributed by atoms with Crippen molar-refractivity contribution in [2.75, 3.05) is 5.33 Å². The maximum atomic E-state index is 12.0. The Balaban J connectivity index is 1.89. The van der Waals surface area contributed by atoms with Gasteiger partial charge in [0.05, 0.1) is 0 Å². The van der Waals surface area contributed by atoms with Gasteiger partial charge in [0, 0.05) is 17.2 Å². The van der Waals surface area contributed by atoms with E-state index in [1.807, 2.05) is 0 Å². The molecule has 0 amide bonds. The molecule has 2 rings (SSSR count). The first-order valence-electron chi connectivity index (χ1n) is 6.44. The van der Waals surface area contributed by atoms with Crippen LogP contribution in [0.15, 0.2) is 0 Å². The predicted octanol–water partition coefficient (Wildman–Crippen LogP) is 3.95. The lowest BCUT2D eigenvalue weighted by atomic mass is 9.58. The number of ketones is 1. The molecule has 1 nitrogen and oxygen atoms in total. The minimum atomic E-state index is 0.436. The van der Waals surface area contributed by atoms with Gasteiger partial charge in [-0.1, -0.05) is 41.6 Å². The van der Waals surface area contributed by atoms with Crippen LogP contribution in [-0.4, -0.2) is 11.1 Å². The Bertz CT molecular complexity index is 227. The summed E-state index contributed by atoms with van der Waals surface area (Å²) in [6, 6.07) is 0. The molecule has 2 aliphatic carbocycles. The van der Waals surface area contributed by atoms with E-state index in [2.05, 4.69) is 15.9 Å². The molecule has 0 aromatic rings. The fraction of sp³-hybridized carbons (Fsp3) is 0.923. The Kier molecular flexibility index (Phi) is 4.24. The van der Waals surface area contributed by atoms with Crippen LogP contribution in [0.1, 0.15) is 51.4 Å². The highest BCUT2D eigenvalue weighted by atomic mass is 79.9. The molecule has 0 unspecified atom stereocenters. The topological polar surface area (TPSA) is 17.1 Å². The highest BCUT2D eigenvalue weighted by Gasteiger charge is 2.47. The highest BCUT2D eigenvalue weighted by molar-refractivity contribution is 9.09. The molecular weight excluding hydrogens is 252 g/mol. The summed E-state index contributed by atoms with van der Waals surface area (Å²) in [6.45, 7) is 0. The summed E-state index contributed by atoms with van der Waals surface area (Å²) in [7, 11) is 0. The normalized spacial score (nSPS) is 36.3. The first-order valence-corrected chi connectivity index (χ1v) is 7.56. The molecule has 2 saturated carbocycles.